The SMILES string of the molecule is C[C@H](NC(=O)[C@H](CS)NC(=O)[C@@H](N)Cc1ccc(O)cc1)C(=O)N[C@@H](CCCN=C(N)N)C(=O)N[C@@H](CO)C(=O)NCC(=O)O. The largest absolute Gasteiger partial charge is 0.508 e. The van der Waals surface area contributed by atoms with E-state index in [0.717, 1.165) is 0 Å². The average molecular weight is 656 g/mol. The Bertz CT molecular complexity index is 1210. The molecule has 5 atom stereocenters. The Morgan fingerprint density at radius 2 is 1.44 bits per heavy atom. The highest BCUT2D eigenvalue weighted by Crippen LogP contribution is 2.11. The third-order valence-corrected chi connectivity index (χ3v) is 6.47. The van der Waals surface area contributed by atoms with E-state index in [1.165, 1.54) is 19.1 Å². The highest BCUT2D eigenvalue weighted by molar-refractivity contribution is 7.80. The molecule has 0 saturated heterocycles. The van der Waals surface area contributed by atoms with Crippen LogP contribution in [0.5, 0.6) is 5.75 Å². The van der Waals surface area contributed by atoms with Crippen LogP contribution in [-0.2, 0) is 35.2 Å². The topological polar surface area (TPSA) is 314 Å². The molecule has 0 bridgehead atoms. The van der Waals surface area contributed by atoms with Crippen molar-refractivity contribution in [3.63, 3.8) is 0 Å². The van der Waals surface area contributed by atoms with Crippen molar-refractivity contribution in [3.05, 3.63) is 29.8 Å². The molecule has 5 amide bonds. The Morgan fingerprint density at radius 1 is 0.867 bits per heavy atom. The first-order chi connectivity index (χ1) is 21.2. The number of nitrogens with one attached hydrogen (secondary N) is 5. The van der Waals surface area contributed by atoms with E-state index in [-0.39, 0.29) is 43.3 Å². The third kappa shape index (κ3) is 14.6. The van der Waals surface area contributed by atoms with E-state index in [1.807, 2.05) is 5.32 Å². The number of carbonyl (C=O) groups is 6. The number of amides is 5. The van der Waals surface area contributed by atoms with Gasteiger partial charge in [0.25, 0.3) is 0 Å². The maximum absolute atomic E-state index is 13.0. The van der Waals surface area contributed by atoms with Crippen molar-refractivity contribution in [3.8, 4) is 5.75 Å². The Hall–Kier alpha value is -4.62. The van der Waals surface area contributed by atoms with Gasteiger partial charge in [0.15, 0.2) is 5.96 Å². The molecule has 1 aromatic carbocycles. The summed E-state index contributed by atoms with van der Waals surface area (Å²) in [7, 11) is 0. The number of hydrogen-bond donors (Lipinski definition) is 12. The van der Waals surface area contributed by atoms with Crippen LogP contribution in [0.25, 0.3) is 0 Å². The Kier molecular flexibility index (Phi) is 16.7. The minimum atomic E-state index is -1.52. The van der Waals surface area contributed by atoms with Gasteiger partial charge in [-0.05, 0) is 43.9 Å². The summed E-state index contributed by atoms with van der Waals surface area (Å²) in [5.41, 5.74) is 17.2. The van der Waals surface area contributed by atoms with Crippen LogP contribution in [-0.4, -0.2) is 112 Å². The molecule has 0 aromatic heterocycles. The van der Waals surface area contributed by atoms with E-state index < -0.39 is 78.9 Å². The number of aliphatic carboxylic acids is 1. The zero-order valence-corrected chi connectivity index (χ0v) is 25.5. The fourth-order valence-electron chi connectivity index (χ4n) is 3.65. The monoisotopic (exact) mass is 655 g/mol. The van der Waals surface area contributed by atoms with Crippen LogP contribution in [0.2, 0.25) is 0 Å². The second kappa shape index (κ2) is 19.6. The average Bonchev–Trinajstić information content (AvgIpc) is 2.99. The van der Waals surface area contributed by atoms with Gasteiger partial charge >= 0.3 is 5.97 Å². The van der Waals surface area contributed by atoms with Gasteiger partial charge in [-0.15, -0.1) is 0 Å². The molecule has 0 aliphatic rings. The molecule has 14 N–H and O–H groups in total. The first-order valence-corrected chi connectivity index (χ1v) is 14.3. The molecule has 1 aromatic rings. The first-order valence-electron chi connectivity index (χ1n) is 13.7. The lowest BCUT2D eigenvalue weighted by atomic mass is 10.1. The molecule has 0 fully saturated rings. The molecule has 0 aliphatic carbocycles. The van der Waals surface area contributed by atoms with Crippen LogP contribution in [0.1, 0.15) is 25.3 Å². The standard InChI is InChI=1S/C26H41N9O9S/c1-13(32-25(44)19(12-45)35-22(41)16(27)9-14-4-6-15(37)7-5-14)21(40)33-17(3-2-8-30-26(28)29)24(43)34-18(11-36)23(42)31-10-20(38)39/h4-7,13,16-19,36-37,45H,2-3,8-12,27H2,1H3,(H,31,42)(H,32,44)(H,33,40)(H,34,43)(H,35,41)(H,38,39)(H4,28,29,30)/t13-,16-,17-,18-,19-/m0/s1. The fourth-order valence-corrected chi connectivity index (χ4v) is 3.91. The number of guanidine groups is 1. The number of hydrogen-bond acceptors (Lipinski definition) is 11. The number of phenolic OH excluding ortho intramolecular Hbond substituents is 1. The number of thiol groups is 1. The van der Waals surface area contributed by atoms with Gasteiger partial charge in [-0.25, -0.2) is 0 Å². The summed E-state index contributed by atoms with van der Waals surface area (Å²) in [6.07, 6.45) is 0.291. The van der Waals surface area contributed by atoms with Crippen LogP contribution in [0.4, 0.5) is 0 Å². The minimum absolute atomic E-state index is 0.0296. The summed E-state index contributed by atoms with van der Waals surface area (Å²) in [5, 5.41) is 39.3. The number of carboxylic acid groups (broad SMARTS) is 1. The van der Waals surface area contributed by atoms with Crippen LogP contribution < -0.4 is 43.8 Å². The molecule has 0 spiro atoms. The third-order valence-electron chi connectivity index (χ3n) is 6.10. The predicted molar refractivity (Wildman–Crippen MR) is 165 cm³/mol. The van der Waals surface area contributed by atoms with Gasteiger partial charge in [0.1, 0.15) is 36.5 Å². The molecule has 250 valence electrons. The van der Waals surface area contributed by atoms with Crippen LogP contribution in [0, 0.1) is 0 Å². The molecule has 0 aliphatic heterocycles. The van der Waals surface area contributed by atoms with Gasteiger partial charge < -0.3 is 59.1 Å². The van der Waals surface area contributed by atoms with Gasteiger partial charge in [0.05, 0.1) is 12.6 Å². The number of aromatic hydroxyl groups is 1. The number of nitrogens with two attached hydrogens (primary N) is 3. The maximum Gasteiger partial charge on any atom is 0.322 e. The molecule has 0 unspecified atom stereocenters. The van der Waals surface area contributed by atoms with E-state index >= 15 is 0 Å². The van der Waals surface area contributed by atoms with Gasteiger partial charge in [-0.1, -0.05) is 12.1 Å². The molecule has 0 saturated carbocycles. The second-order valence-corrected chi connectivity index (χ2v) is 10.2. The quantitative estimate of drug-likeness (QED) is 0.0290. The van der Waals surface area contributed by atoms with Gasteiger partial charge in [-0.2, -0.15) is 12.6 Å². The summed E-state index contributed by atoms with van der Waals surface area (Å²) >= 11 is 4.10. The van der Waals surface area contributed by atoms with Crippen molar-refractivity contribution in [2.45, 2.75) is 56.4 Å². The maximum atomic E-state index is 13.0. The van der Waals surface area contributed by atoms with E-state index in [1.54, 1.807) is 12.1 Å². The van der Waals surface area contributed by atoms with Crippen molar-refractivity contribution in [2.75, 3.05) is 25.4 Å². The zero-order valence-electron chi connectivity index (χ0n) is 24.6. The predicted octanol–water partition coefficient (Wildman–Crippen LogP) is -4.60. The summed E-state index contributed by atoms with van der Waals surface area (Å²) in [4.78, 5) is 78.0. The van der Waals surface area contributed by atoms with E-state index in [9.17, 15) is 39.0 Å². The number of carbonyl (C=O) groups excluding carboxylic acids is 5. The number of carboxylic acids is 1. The normalized spacial score (nSPS) is 14.0. The Morgan fingerprint density at radius 3 is 2.00 bits per heavy atom. The highest BCUT2D eigenvalue weighted by atomic mass is 32.1. The first kappa shape index (κ1) is 38.4. The Labute approximate surface area is 264 Å². The second-order valence-electron chi connectivity index (χ2n) is 9.82. The van der Waals surface area contributed by atoms with Crippen molar-refractivity contribution in [2.24, 2.45) is 22.2 Å². The fraction of sp³-hybridized carbons (Fsp3) is 0.500. The van der Waals surface area contributed by atoms with Crippen molar-refractivity contribution in [1.29, 1.82) is 0 Å². The van der Waals surface area contributed by atoms with Crippen LogP contribution >= 0.6 is 12.6 Å². The lowest BCUT2D eigenvalue weighted by molar-refractivity contribution is -0.139. The molecule has 0 radical (unpaired) electrons. The van der Waals surface area contributed by atoms with E-state index in [2.05, 4.69) is 38.9 Å². The van der Waals surface area contributed by atoms with Gasteiger partial charge in [0, 0.05) is 12.3 Å². The number of aliphatic imine (C=N–C) groups is 1. The molecule has 0 heterocycles. The molecule has 1 rings (SSSR count). The van der Waals surface area contributed by atoms with Crippen LogP contribution in [0.3, 0.4) is 0 Å². The summed E-state index contributed by atoms with van der Waals surface area (Å²) in [6.45, 7) is -0.201. The van der Waals surface area contributed by atoms with E-state index in [4.69, 9.17) is 22.3 Å². The summed E-state index contributed by atoms with van der Waals surface area (Å²) in [5.74, 6) is -5.71. The van der Waals surface area contributed by atoms with Crippen molar-refractivity contribution >= 4 is 54.1 Å². The number of phenols is 1. The Balaban J connectivity index is 2.86. The lowest BCUT2D eigenvalue weighted by Crippen LogP contribution is -2.59. The number of rotatable bonds is 19. The zero-order chi connectivity index (χ0) is 34.1. The number of nitrogens with zero attached hydrogens (tertiary/aromatic N) is 1. The van der Waals surface area contributed by atoms with Crippen molar-refractivity contribution < 1.29 is 44.1 Å². The van der Waals surface area contributed by atoms with Gasteiger partial charge in [0.2, 0.25) is 29.5 Å². The van der Waals surface area contributed by atoms with Crippen molar-refractivity contribution in [1.82, 2.24) is 26.6 Å². The van der Waals surface area contributed by atoms with Gasteiger partial charge in [-0.3, -0.25) is 33.8 Å². The lowest BCUT2D eigenvalue weighted by Gasteiger charge is -2.24. The molecule has 19 heteroatoms. The number of benzene rings is 1. The molecular formula is C26H41N9O9S. The number of aliphatic hydroxyl groups is 1. The molecule has 18 nitrogen and oxygen atoms in total. The van der Waals surface area contributed by atoms with E-state index in [0.29, 0.717) is 5.56 Å². The molecular weight excluding hydrogens is 614 g/mol. The smallest absolute Gasteiger partial charge is 0.322 e. The summed E-state index contributed by atoms with van der Waals surface area (Å²) in [6, 6.07) is -0.152. The van der Waals surface area contributed by atoms with Crippen LogP contribution in [0.15, 0.2) is 29.3 Å². The highest BCUT2D eigenvalue weighted by Gasteiger charge is 2.30. The summed E-state index contributed by atoms with van der Waals surface area (Å²) < 4.78 is 0. The minimum Gasteiger partial charge on any atom is -0.508 e. The molecule has 45 heavy (non-hydrogen) atoms. The number of aliphatic hydroxyl groups excluding tert-OH is 1.